The van der Waals surface area contributed by atoms with Crippen LogP contribution in [0.1, 0.15) is 29.3 Å². The Morgan fingerprint density at radius 1 is 1.38 bits per heavy atom. The van der Waals surface area contributed by atoms with Gasteiger partial charge in [-0.2, -0.15) is 0 Å². The van der Waals surface area contributed by atoms with Crippen molar-refractivity contribution >= 4 is 11.6 Å². The molecule has 1 atom stereocenters. The Kier molecular flexibility index (Phi) is 3.75. The van der Waals surface area contributed by atoms with Crippen LogP contribution in [0.4, 0.5) is 5.69 Å². The van der Waals surface area contributed by atoms with E-state index in [1.54, 1.807) is 0 Å². The first-order valence-electron chi connectivity index (χ1n) is 7.18. The molecule has 2 aromatic rings. The van der Waals surface area contributed by atoms with Gasteiger partial charge in [0.05, 0.1) is 18.3 Å². The molecule has 1 unspecified atom stereocenters. The quantitative estimate of drug-likeness (QED) is 0.908. The molecule has 0 saturated heterocycles. The van der Waals surface area contributed by atoms with Gasteiger partial charge >= 0.3 is 0 Å². The van der Waals surface area contributed by atoms with Crippen molar-refractivity contribution in [2.45, 2.75) is 39.3 Å². The Labute approximate surface area is 123 Å². The summed E-state index contributed by atoms with van der Waals surface area (Å²) in [6, 6.07) is 7.70. The van der Waals surface area contributed by atoms with Crippen molar-refractivity contribution in [2.24, 2.45) is 0 Å². The molecule has 1 aliphatic rings. The standard InChI is InChI=1S/C16H19N3O2/c1-10-11(2)21-15(18-10)9-17-14-8-7-12-5-3-4-6-13(12)19-16(14)20/h3-6,14,17H,7-9H2,1-2H3,(H,19,20). The minimum Gasteiger partial charge on any atom is -0.444 e. The number of carbonyl (C=O) groups excluding carboxylic acids is 1. The smallest absolute Gasteiger partial charge is 0.241 e. The SMILES string of the molecule is Cc1nc(CNC2CCc3ccccc3NC2=O)oc1C. The first-order valence-corrected chi connectivity index (χ1v) is 7.18. The molecule has 0 spiro atoms. The maximum atomic E-state index is 12.2. The average Bonchev–Trinajstić information content (AvgIpc) is 2.69. The van der Waals surface area contributed by atoms with Crippen LogP contribution in [0, 0.1) is 13.8 Å². The van der Waals surface area contributed by atoms with Crippen LogP contribution in [0.5, 0.6) is 0 Å². The van der Waals surface area contributed by atoms with Crippen LogP contribution in [0.2, 0.25) is 0 Å². The molecular weight excluding hydrogens is 266 g/mol. The Balaban J connectivity index is 1.66. The third kappa shape index (κ3) is 2.97. The predicted molar refractivity (Wildman–Crippen MR) is 80.0 cm³/mol. The molecule has 0 fully saturated rings. The second-order valence-corrected chi connectivity index (χ2v) is 5.37. The molecular formula is C16H19N3O2. The Morgan fingerprint density at radius 3 is 2.95 bits per heavy atom. The van der Waals surface area contributed by atoms with Gasteiger partial charge in [0.15, 0.2) is 0 Å². The second kappa shape index (κ2) is 5.69. The number of oxazole rings is 1. The molecule has 21 heavy (non-hydrogen) atoms. The van der Waals surface area contributed by atoms with Crippen molar-refractivity contribution < 1.29 is 9.21 Å². The van der Waals surface area contributed by atoms with Crippen molar-refractivity contribution in [3.8, 4) is 0 Å². The predicted octanol–water partition coefficient (Wildman–Crippen LogP) is 2.33. The number of aryl methyl sites for hydroxylation is 3. The molecule has 1 aromatic heterocycles. The van der Waals surface area contributed by atoms with E-state index in [1.807, 2.05) is 32.0 Å². The summed E-state index contributed by atoms with van der Waals surface area (Å²) >= 11 is 0. The molecule has 5 nitrogen and oxygen atoms in total. The van der Waals surface area contributed by atoms with Crippen LogP contribution in [0.25, 0.3) is 0 Å². The zero-order chi connectivity index (χ0) is 14.8. The number of hydrogen-bond donors (Lipinski definition) is 2. The highest BCUT2D eigenvalue weighted by Gasteiger charge is 2.23. The van der Waals surface area contributed by atoms with Crippen LogP contribution >= 0.6 is 0 Å². The van der Waals surface area contributed by atoms with Crippen molar-refractivity contribution in [3.05, 3.63) is 47.2 Å². The van der Waals surface area contributed by atoms with E-state index in [2.05, 4.69) is 21.7 Å². The molecule has 0 aliphatic carbocycles. The highest BCUT2D eigenvalue weighted by Crippen LogP contribution is 2.21. The number of aromatic nitrogens is 1. The van der Waals surface area contributed by atoms with Gasteiger partial charge in [-0.25, -0.2) is 4.98 Å². The van der Waals surface area contributed by atoms with Gasteiger partial charge in [-0.3, -0.25) is 10.1 Å². The van der Waals surface area contributed by atoms with Crippen LogP contribution in [-0.2, 0) is 17.8 Å². The maximum Gasteiger partial charge on any atom is 0.241 e. The highest BCUT2D eigenvalue weighted by molar-refractivity contribution is 5.96. The molecule has 0 radical (unpaired) electrons. The van der Waals surface area contributed by atoms with E-state index in [4.69, 9.17) is 4.42 Å². The largest absolute Gasteiger partial charge is 0.444 e. The fourth-order valence-corrected chi connectivity index (χ4v) is 2.53. The molecule has 110 valence electrons. The lowest BCUT2D eigenvalue weighted by molar-refractivity contribution is -0.118. The molecule has 0 bridgehead atoms. The van der Waals surface area contributed by atoms with E-state index in [0.717, 1.165) is 30.0 Å². The van der Waals surface area contributed by atoms with Crippen LogP contribution in [0.15, 0.2) is 28.7 Å². The van der Waals surface area contributed by atoms with Crippen LogP contribution in [0.3, 0.4) is 0 Å². The topological polar surface area (TPSA) is 67.2 Å². The van der Waals surface area contributed by atoms with Gasteiger partial charge in [-0.1, -0.05) is 18.2 Å². The van der Waals surface area contributed by atoms with Crippen molar-refractivity contribution in [1.82, 2.24) is 10.3 Å². The molecule has 2 N–H and O–H groups in total. The van der Waals surface area contributed by atoms with E-state index in [1.165, 1.54) is 5.56 Å². The van der Waals surface area contributed by atoms with E-state index in [0.29, 0.717) is 12.4 Å². The number of hydrogen-bond acceptors (Lipinski definition) is 4. The Hall–Kier alpha value is -2.14. The number of fused-ring (bicyclic) bond motifs is 1. The minimum absolute atomic E-state index is 0.0000463. The number of nitrogens with one attached hydrogen (secondary N) is 2. The maximum absolute atomic E-state index is 12.2. The molecule has 5 heteroatoms. The van der Waals surface area contributed by atoms with Gasteiger partial charge in [0, 0.05) is 5.69 Å². The van der Waals surface area contributed by atoms with Crippen molar-refractivity contribution in [2.75, 3.05) is 5.32 Å². The summed E-state index contributed by atoms with van der Waals surface area (Å²) in [4.78, 5) is 16.6. The van der Waals surface area contributed by atoms with Gasteiger partial charge in [-0.15, -0.1) is 0 Å². The van der Waals surface area contributed by atoms with E-state index in [9.17, 15) is 4.79 Å². The summed E-state index contributed by atoms with van der Waals surface area (Å²) in [5.74, 6) is 1.45. The van der Waals surface area contributed by atoms with E-state index < -0.39 is 0 Å². The van der Waals surface area contributed by atoms with E-state index in [-0.39, 0.29) is 11.9 Å². The Bertz CT molecular complexity index is 644. The fraction of sp³-hybridized carbons (Fsp3) is 0.375. The average molecular weight is 285 g/mol. The third-order valence-electron chi connectivity index (χ3n) is 3.87. The molecule has 3 rings (SSSR count). The van der Waals surface area contributed by atoms with Gasteiger partial charge in [0.1, 0.15) is 5.76 Å². The molecule has 1 aromatic carbocycles. The summed E-state index contributed by atoms with van der Waals surface area (Å²) in [6.45, 7) is 4.27. The van der Waals surface area contributed by atoms with Crippen LogP contribution < -0.4 is 10.6 Å². The number of carbonyl (C=O) groups is 1. The van der Waals surface area contributed by atoms with Crippen molar-refractivity contribution in [1.29, 1.82) is 0 Å². The monoisotopic (exact) mass is 285 g/mol. The highest BCUT2D eigenvalue weighted by atomic mass is 16.4. The number of amides is 1. The first-order chi connectivity index (χ1) is 10.1. The van der Waals surface area contributed by atoms with Gasteiger partial charge in [0.2, 0.25) is 11.8 Å². The number of benzene rings is 1. The molecule has 2 heterocycles. The summed E-state index contributed by atoms with van der Waals surface area (Å²) in [5, 5.41) is 6.21. The minimum atomic E-state index is -0.232. The van der Waals surface area contributed by atoms with Gasteiger partial charge in [-0.05, 0) is 38.3 Å². The lowest BCUT2D eigenvalue weighted by atomic mass is 10.1. The van der Waals surface area contributed by atoms with Crippen molar-refractivity contribution in [3.63, 3.8) is 0 Å². The third-order valence-corrected chi connectivity index (χ3v) is 3.87. The lowest BCUT2D eigenvalue weighted by Crippen LogP contribution is -2.39. The Morgan fingerprint density at radius 2 is 2.19 bits per heavy atom. The lowest BCUT2D eigenvalue weighted by Gasteiger charge is -2.13. The van der Waals surface area contributed by atoms with Gasteiger partial charge < -0.3 is 9.73 Å². The zero-order valence-electron chi connectivity index (χ0n) is 12.3. The summed E-state index contributed by atoms with van der Waals surface area (Å²) in [6.07, 6.45) is 1.64. The number of anilines is 1. The molecule has 1 amide bonds. The number of para-hydroxylation sites is 1. The number of rotatable bonds is 3. The first kappa shape index (κ1) is 13.8. The van der Waals surface area contributed by atoms with Crippen LogP contribution in [-0.4, -0.2) is 16.9 Å². The number of nitrogens with zero attached hydrogens (tertiary/aromatic N) is 1. The van der Waals surface area contributed by atoms with E-state index >= 15 is 0 Å². The summed E-state index contributed by atoms with van der Waals surface area (Å²) in [5.41, 5.74) is 2.98. The summed E-state index contributed by atoms with van der Waals surface area (Å²) in [7, 11) is 0. The second-order valence-electron chi connectivity index (χ2n) is 5.37. The molecule has 0 saturated carbocycles. The zero-order valence-corrected chi connectivity index (χ0v) is 12.3. The molecule has 1 aliphatic heterocycles. The van der Waals surface area contributed by atoms with Gasteiger partial charge in [0.25, 0.3) is 0 Å². The summed E-state index contributed by atoms with van der Waals surface area (Å²) < 4.78 is 5.53. The normalized spacial score (nSPS) is 18.0. The fourth-order valence-electron chi connectivity index (χ4n) is 2.53.